The first-order chi connectivity index (χ1) is 19.0. The predicted molar refractivity (Wildman–Crippen MR) is 161 cm³/mol. The number of nitrogens with zero attached hydrogens (tertiary/aromatic N) is 2. The van der Waals surface area contributed by atoms with Gasteiger partial charge in [-0.15, -0.1) is 11.3 Å². The molecule has 2 aromatic carbocycles. The molecule has 0 spiro atoms. The number of benzene rings is 2. The third-order valence-corrected chi connectivity index (χ3v) is 9.20. The quantitative estimate of drug-likeness (QED) is 0.258. The van der Waals surface area contributed by atoms with Crippen LogP contribution in [0.1, 0.15) is 50.6 Å². The van der Waals surface area contributed by atoms with Crippen molar-refractivity contribution in [1.82, 2.24) is 9.88 Å². The fourth-order valence-corrected chi connectivity index (χ4v) is 7.48. The highest BCUT2D eigenvalue weighted by molar-refractivity contribution is 8.18. The van der Waals surface area contributed by atoms with E-state index >= 15 is 0 Å². The number of para-hydroxylation sites is 2. The smallest absolute Gasteiger partial charge is 0.264 e. The first-order valence-electron chi connectivity index (χ1n) is 13.0. The lowest BCUT2D eigenvalue weighted by Gasteiger charge is -2.14. The molecule has 6 nitrogen and oxygen atoms in total. The molecule has 1 fully saturated rings. The molecular weight excluding hydrogens is 525 g/mol. The molecule has 196 valence electrons. The number of anilines is 1. The minimum Gasteiger partial charge on any atom is -0.322 e. The van der Waals surface area contributed by atoms with Gasteiger partial charge >= 0.3 is 0 Å². The van der Waals surface area contributed by atoms with Gasteiger partial charge in [0.25, 0.3) is 11.8 Å². The highest BCUT2D eigenvalue weighted by Crippen LogP contribution is 2.40. The van der Waals surface area contributed by atoms with Gasteiger partial charge in [-0.25, -0.2) is 4.99 Å². The van der Waals surface area contributed by atoms with Crippen LogP contribution < -0.4 is 10.6 Å². The van der Waals surface area contributed by atoms with Gasteiger partial charge < -0.3 is 15.2 Å². The maximum atomic E-state index is 13.7. The van der Waals surface area contributed by atoms with Crippen LogP contribution in [0.2, 0.25) is 0 Å². The zero-order valence-corrected chi connectivity index (χ0v) is 23.4. The Morgan fingerprint density at radius 2 is 1.74 bits per heavy atom. The average Bonchev–Trinajstić information content (AvgIpc) is 3.57. The Bertz CT molecular complexity index is 1630. The molecule has 0 radical (unpaired) electrons. The summed E-state index contributed by atoms with van der Waals surface area (Å²) >= 11 is 3.06. The molecule has 0 unspecified atom stereocenters. The molecule has 0 bridgehead atoms. The Morgan fingerprint density at radius 3 is 2.51 bits per heavy atom. The number of aryl methyl sites for hydroxylation is 2. The summed E-state index contributed by atoms with van der Waals surface area (Å²) in [6.07, 6.45) is 6.08. The fourth-order valence-electron chi connectivity index (χ4n) is 5.15. The molecule has 1 saturated heterocycles. The van der Waals surface area contributed by atoms with Crippen molar-refractivity contribution in [2.75, 3.05) is 5.32 Å². The predicted octanol–water partition coefficient (Wildman–Crippen LogP) is 7.18. The number of nitrogens with one attached hydrogen (secondary N) is 2. The zero-order valence-electron chi connectivity index (χ0n) is 21.8. The van der Waals surface area contributed by atoms with E-state index < -0.39 is 0 Å². The van der Waals surface area contributed by atoms with Crippen LogP contribution >= 0.6 is 23.1 Å². The number of carbonyl (C=O) groups excluding carboxylic acids is 2. The van der Waals surface area contributed by atoms with Gasteiger partial charge in [-0.2, -0.15) is 0 Å². The molecule has 1 aliphatic heterocycles. The number of rotatable bonds is 5. The first-order valence-corrected chi connectivity index (χ1v) is 14.7. The van der Waals surface area contributed by atoms with Crippen LogP contribution in [0, 0.1) is 13.8 Å². The van der Waals surface area contributed by atoms with E-state index in [-0.39, 0.29) is 11.8 Å². The third-order valence-electron chi connectivity index (χ3n) is 7.01. The standard InChI is InChI=1S/C31H28N4O2S2/c1-19-17-21(18-26-28(36)34-31(39-26)33-23-13-7-4-8-14-23)20(2)35(19)30-27(24-15-9-10-16-25(24)38-30)29(37)32-22-11-5-3-6-12-22/h3-8,11-14,17-18H,9-10,15-16H2,1-2H3,(H,32,37)(H,33,34,36)/b26-18-. The highest BCUT2D eigenvalue weighted by Gasteiger charge is 2.29. The number of hydrogen-bond donors (Lipinski definition) is 2. The molecule has 2 N–H and O–H groups in total. The lowest BCUT2D eigenvalue weighted by Crippen LogP contribution is -2.19. The maximum absolute atomic E-state index is 13.7. The van der Waals surface area contributed by atoms with Crippen molar-refractivity contribution >= 4 is 57.5 Å². The Kier molecular flexibility index (Phi) is 6.97. The van der Waals surface area contributed by atoms with E-state index in [0.717, 1.165) is 64.6 Å². The fraction of sp³-hybridized carbons (Fsp3) is 0.194. The Labute approximate surface area is 235 Å². The van der Waals surface area contributed by atoms with E-state index in [1.54, 1.807) is 11.3 Å². The summed E-state index contributed by atoms with van der Waals surface area (Å²) in [5.41, 5.74) is 6.49. The molecule has 0 atom stereocenters. The molecule has 1 aliphatic carbocycles. The zero-order chi connectivity index (χ0) is 26.9. The summed E-state index contributed by atoms with van der Waals surface area (Å²) in [6.45, 7) is 4.10. The van der Waals surface area contributed by atoms with Gasteiger partial charge in [0, 0.05) is 22.0 Å². The van der Waals surface area contributed by atoms with Crippen LogP contribution in [0.5, 0.6) is 0 Å². The molecular formula is C31H28N4O2S2. The van der Waals surface area contributed by atoms with Crippen molar-refractivity contribution < 1.29 is 9.59 Å². The number of thioether (sulfide) groups is 1. The normalized spacial score (nSPS) is 16.9. The van der Waals surface area contributed by atoms with Crippen LogP contribution in [-0.4, -0.2) is 21.5 Å². The van der Waals surface area contributed by atoms with Crippen molar-refractivity contribution in [2.45, 2.75) is 39.5 Å². The molecule has 2 aliphatic rings. The largest absolute Gasteiger partial charge is 0.322 e. The molecule has 2 amide bonds. The second kappa shape index (κ2) is 10.7. The van der Waals surface area contributed by atoms with Crippen LogP contribution in [0.4, 0.5) is 11.4 Å². The molecule has 3 heterocycles. The van der Waals surface area contributed by atoms with Crippen molar-refractivity contribution in [3.63, 3.8) is 0 Å². The molecule has 2 aromatic heterocycles. The Hall–Kier alpha value is -3.88. The summed E-state index contributed by atoms with van der Waals surface area (Å²) in [7, 11) is 0. The number of thiophene rings is 1. The van der Waals surface area contributed by atoms with Crippen molar-refractivity contribution in [2.24, 2.45) is 4.99 Å². The molecule has 0 saturated carbocycles. The van der Waals surface area contributed by atoms with Gasteiger partial charge in [0.1, 0.15) is 5.00 Å². The molecule has 4 aromatic rings. The van der Waals surface area contributed by atoms with Crippen molar-refractivity contribution in [3.05, 3.63) is 105 Å². The van der Waals surface area contributed by atoms with Crippen molar-refractivity contribution in [3.8, 4) is 5.00 Å². The van der Waals surface area contributed by atoms with Gasteiger partial charge in [0.15, 0.2) is 5.17 Å². The van der Waals surface area contributed by atoms with E-state index in [9.17, 15) is 9.59 Å². The van der Waals surface area contributed by atoms with Crippen LogP contribution in [0.25, 0.3) is 11.1 Å². The minimum absolute atomic E-state index is 0.0736. The topological polar surface area (TPSA) is 75.5 Å². The monoisotopic (exact) mass is 552 g/mol. The van der Waals surface area contributed by atoms with Crippen molar-refractivity contribution in [1.29, 1.82) is 0 Å². The molecule has 6 rings (SSSR count). The summed E-state index contributed by atoms with van der Waals surface area (Å²) in [5.74, 6) is -0.232. The summed E-state index contributed by atoms with van der Waals surface area (Å²) < 4.78 is 2.17. The average molecular weight is 553 g/mol. The van der Waals surface area contributed by atoms with E-state index in [1.807, 2.05) is 73.7 Å². The van der Waals surface area contributed by atoms with Crippen LogP contribution in [0.15, 0.2) is 76.6 Å². The number of aromatic nitrogens is 1. The van der Waals surface area contributed by atoms with Gasteiger partial charge in [-0.05, 0) is 98.8 Å². The highest BCUT2D eigenvalue weighted by atomic mass is 32.2. The summed E-state index contributed by atoms with van der Waals surface area (Å²) in [4.78, 5) is 32.9. The van der Waals surface area contributed by atoms with E-state index in [2.05, 4.69) is 33.2 Å². The number of aliphatic imine (C=N–C) groups is 1. The van der Waals surface area contributed by atoms with E-state index in [4.69, 9.17) is 0 Å². The SMILES string of the molecule is Cc1cc(/C=C2\SC(=Nc3ccccc3)NC2=O)c(C)n1-c1sc2c(c1C(=O)Nc1ccccc1)CCCC2. The second-order valence-electron chi connectivity index (χ2n) is 9.69. The van der Waals surface area contributed by atoms with Gasteiger partial charge in [0.05, 0.1) is 16.2 Å². The van der Waals surface area contributed by atoms with E-state index in [1.165, 1.54) is 22.2 Å². The number of fused-ring (bicyclic) bond motifs is 1. The first kappa shape index (κ1) is 25.4. The maximum Gasteiger partial charge on any atom is 0.264 e. The minimum atomic E-state index is -0.158. The number of carbonyl (C=O) groups is 2. The lowest BCUT2D eigenvalue weighted by molar-refractivity contribution is -0.115. The second-order valence-corrected chi connectivity index (χ2v) is 11.8. The number of amides is 2. The third kappa shape index (κ3) is 5.10. The van der Waals surface area contributed by atoms with Gasteiger partial charge in [-0.1, -0.05) is 36.4 Å². The lowest BCUT2D eigenvalue weighted by atomic mass is 9.95. The molecule has 8 heteroatoms. The summed E-state index contributed by atoms with van der Waals surface area (Å²) in [5, 5.41) is 7.50. The van der Waals surface area contributed by atoms with E-state index in [0.29, 0.717) is 10.1 Å². The van der Waals surface area contributed by atoms with Crippen LogP contribution in [-0.2, 0) is 17.6 Å². The van der Waals surface area contributed by atoms with Gasteiger partial charge in [0.2, 0.25) is 0 Å². The Morgan fingerprint density at radius 1 is 1.03 bits per heavy atom. The number of hydrogen-bond acceptors (Lipinski definition) is 5. The van der Waals surface area contributed by atoms with Crippen LogP contribution in [0.3, 0.4) is 0 Å². The number of amidine groups is 1. The van der Waals surface area contributed by atoms with Gasteiger partial charge in [-0.3, -0.25) is 9.59 Å². The molecule has 39 heavy (non-hydrogen) atoms. The Balaban J connectivity index is 1.36. The summed E-state index contributed by atoms with van der Waals surface area (Å²) in [6, 6.07) is 21.3.